The summed E-state index contributed by atoms with van der Waals surface area (Å²) in [5.74, 6) is -4.58. The van der Waals surface area contributed by atoms with E-state index in [0.717, 1.165) is 0 Å². The quantitative estimate of drug-likeness (QED) is 0.412. The van der Waals surface area contributed by atoms with E-state index >= 15 is 0 Å². The summed E-state index contributed by atoms with van der Waals surface area (Å²) in [6.45, 7) is 4.03. The zero-order valence-corrected chi connectivity index (χ0v) is 8.31. The third-order valence-corrected chi connectivity index (χ3v) is 1.12. The molecule has 0 aromatic rings. The van der Waals surface area contributed by atoms with Crippen LogP contribution in [-0.2, 0) is 14.3 Å². The fourth-order valence-electron chi connectivity index (χ4n) is 0.604. The topological polar surface area (TPSA) is 43.4 Å². The van der Waals surface area contributed by atoms with Crippen molar-refractivity contribution in [2.24, 2.45) is 0 Å². The van der Waals surface area contributed by atoms with Gasteiger partial charge in [0.05, 0.1) is 0 Å². The van der Waals surface area contributed by atoms with Crippen molar-refractivity contribution >= 4 is 11.8 Å². The minimum atomic E-state index is -5.38. The van der Waals surface area contributed by atoms with E-state index in [4.69, 9.17) is 0 Å². The molecule has 0 fully saturated rings. The molecule has 0 aromatic carbocycles. The third kappa shape index (κ3) is 4.75. The predicted molar refractivity (Wildman–Crippen MR) is 41.8 cm³/mol. The van der Waals surface area contributed by atoms with Crippen molar-refractivity contribution in [2.75, 3.05) is 0 Å². The second-order valence-corrected chi connectivity index (χ2v) is 3.76. The van der Waals surface area contributed by atoms with Gasteiger partial charge in [-0.2, -0.15) is 13.2 Å². The Morgan fingerprint density at radius 1 is 1.13 bits per heavy atom. The van der Waals surface area contributed by atoms with Gasteiger partial charge in [0.1, 0.15) is 5.60 Å². The maximum Gasteiger partial charge on any atom is 0.453 e. The lowest BCUT2D eigenvalue weighted by atomic mass is 10.2. The zero-order chi connectivity index (χ0) is 12.4. The van der Waals surface area contributed by atoms with Gasteiger partial charge in [0.25, 0.3) is 12.0 Å². The number of rotatable bonds is 2. The van der Waals surface area contributed by atoms with Gasteiger partial charge in [-0.05, 0) is 20.8 Å². The molecule has 7 heteroatoms. The van der Waals surface area contributed by atoms with E-state index in [2.05, 4.69) is 4.74 Å². The molecule has 0 saturated heterocycles. The van der Waals surface area contributed by atoms with Crippen LogP contribution in [0.1, 0.15) is 20.8 Å². The van der Waals surface area contributed by atoms with Gasteiger partial charge in [0.2, 0.25) is 0 Å². The normalized spacial score (nSPS) is 14.6. The largest absolute Gasteiger partial charge is 0.457 e. The molecule has 1 atom stereocenters. The maximum absolute atomic E-state index is 12.7. The van der Waals surface area contributed by atoms with Gasteiger partial charge in [0, 0.05) is 0 Å². The number of carbonyl (C=O) groups is 2. The Hall–Kier alpha value is -1.14. The Balaban J connectivity index is 4.54. The van der Waals surface area contributed by atoms with Crippen LogP contribution in [0.4, 0.5) is 17.6 Å². The molecule has 15 heavy (non-hydrogen) atoms. The maximum atomic E-state index is 12.7. The Labute approximate surface area is 83.4 Å². The van der Waals surface area contributed by atoms with Crippen molar-refractivity contribution < 1.29 is 31.9 Å². The van der Waals surface area contributed by atoms with Crippen LogP contribution in [0.5, 0.6) is 0 Å². The lowest BCUT2D eigenvalue weighted by molar-refractivity contribution is -0.185. The summed E-state index contributed by atoms with van der Waals surface area (Å²) in [4.78, 5) is 21.0. The van der Waals surface area contributed by atoms with Crippen molar-refractivity contribution in [1.29, 1.82) is 0 Å². The van der Waals surface area contributed by atoms with E-state index in [1.807, 2.05) is 0 Å². The summed E-state index contributed by atoms with van der Waals surface area (Å²) in [6, 6.07) is 0. The Morgan fingerprint density at radius 2 is 1.53 bits per heavy atom. The monoisotopic (exact) mass is 230 g/mol. The van der Waals surface area contributed by atoms with E-state index in [0.29, 0.717) is 0 Å². The molecule has 0 bridgehead atoms. The molecule has 0 radical (unpaired) electrons. The molecular weight excluding hydrogens is 220 g/mol. The summed E-state index contributed by atoms with van der Waals surface area (Å²) in [5.41, 5.74) is -1.15. The third-order valence-electron chi connectivity index (χ3n) is 1.12. The molecule has 0 amide bonds. The van der Waals surface area contributed by atoms with Crippen LogP contribution in [0, 0.1) is 0 Å². The number of carbonyl (C=O) groups excluding carboxylic acids is 2. The van der Waals surface area contributed by atoms with Crippen LogP contribution in [-0.4, -0.2) is 29.7 Å². The number of alkyl halides is 4. The first-order valence-electron chi connectivity index (χ1n) is 3.93. The van der Waals surface area contributed by atoms with E-state index in [1.54, 1.807) is 0 Å². The number of ether oxygens (including phenoxy) is 1. The van der Waals surface area contributed by atoms with E-state index in [9.17, 15) is 27.2 Å². The summed E-state index contributed by atoms with van der Waals surface area (Å²) < 4.78 is 52.0. The fourth-order valence-corrected chi connectivity index (χ4v) is 0.604. The SMILES string of the molecule is CC(C)(C)OC(=O)C(F)C(=O)C(F)(F)F. The molecule has 0 heterocycles. The summed E-state index contributed by atoms with van der Waals surface area (Å²) in [7, 11) is 0. The second-order valence-electron chi connectivity index (χ2n) is 3.76. The minimum Gasteiger partial charge on any atom is -0.457 e. The molecule has 0 rings (SSSR count). The van der Waals surface area contributed by atoms with Crippen LogP contribution in [0.25, 0.3) is 0 Å². The fraction of sp³-hybridized carbons (Fsp3) is 0.750. The highest BCUT2D eigenvalue weighted by atomic mass is 19.4. The Morgan fingerprint density at radius 3 is 1.80 bits per heavy atom. The van der Waals surface area contributed by atoms with Crippen molar-refractivity contribution in [3.8, 4) is 0 Å². The number of halogens is 4. The molecule has 0 aliphatic rings. The highest BCUT2D eigenvalue weighted by molar-refractivity contribution is 6.04. The van der Waals surface area contributed by atoms with E-state index < -0.39 is 29.7 Å². The molecule has 0 spiro atoms. The van der Waals surface area contributed by atoms with Gasteiger partial charge in [-0.1, -0.05) is 0 Å². The van der Waals surface area contributed by atoms with Crippen LogP contribution < -0.4 is 0 Å². The van der Waals surface area contributed by atoms with Crippen molar-refractivity contribution in [3.63, 3.8) is 0 Å². The first-order chi connectivity index (χ1) is 6.45. The smallest absolute Gasteiger partial charge is 0.453 e. The first kappa shape index (κ1) is 13.9. The van der Waals surface area contributed by atoms with Gasteiger partial charge in [0.15, 0.2) is 0 Å². The lowest BCUT2D eigenvalue weighted by Crippen LogP contribution is -2.40. The van der Waals surface area contributed by atoms with Gasteiger partial charge in [-0.25, -0.2) is 9.18 Å². The predicted octanol–water partition coefficient (Wildman–Crippen LogP) is 1.80. The molecule has 0 aliphatic carbocycles. The van der Waals surface area contributed by atoms with Gasteiger partial charge in [-0.3, -0.25) is 4.79 Å². The van der Waals surface area contributed by atoms with Crippen molar-refractivity contribution in [1.82, 2.24) is 0 Å². The first-order valence-corrected chi connectivity index (χ1v) is 3.93. The average Bonchev–Trinajstić information content (AvgIpc) is 1.96. The molecule has 3 nitrogen and oxygen atoms in total. The molecule has 0 aromatic heterocycles. The Bertz CT molecular complexity index is 264. The molecule has 0 aliphatic heterocycles. The van der Waals surface area contributed by atoms with Crippen LogP contribution in [0.2, 0.25) is 0 Å². The zero-order valence-electron chi connectivity index (χ0n) is 8.31. The van der Waals surface area contributed by atoms with Gasteiger partial charge in [-0.15, -0.1) is 0 Å². The summed E-state index contributed by atoms with van der Waals surface area (Å²) in [5, 5.41) is 0. The van der Waals surface area contributed by atoms with Crippen LogP contribution in [0.15, 0.2) is 0 Å². The lowest BCUT2D eigenvalue weighted by Gasteiger charge is -2.20. The average molecular weight is 230 g/mol. The number of hydrogen-bond donors (Lipinski definition) is 0. The van der Waals surface area contributed by atoms with Crippen LogP contribution >= 0.6 is 0 Å². The molecule has 0 saturated carbocycles. The Kier molecular flexibility index (Phi) is 3.84. The summed E-state index contributed by atoms with van der Waals surface area (Å²) >= 11 is 0. The standard InChI is InChI=1S/C8H10F4O3/c1-7(2,3)15-6(14)4(9)5(13)8(10,11)12/h4H,1-3H3. The summed E-state index contributed by atoms with van der Waals surface area (Å²) in [6.07, 6.45) is -8.69. The highest BCUT2D eigenvalue weighted by Gasteiger charge is 2.48. The second kappa shape index (κ2) is 4.16. The van der Waals surface area contributed by atoms with E-state index in [1.165, 1.54) is 20.8 Å². The van der Waals surface area contributed by atoms with Gasteiger partial charge >= 0.3 is 12.1 Å². The molecule has 88 valence electrons. The highest BCUT2D eigenvalue weighted by Crippen LogP contribution is 2.21. The number of hydrogen-bond acceptors (Lipinski definition) is 3. The van der Waals surface area contributed by atoms with Crippen molar-refractivity contribution in [3.05, 3.63) is 0 Å². The van der Waals surface area contributed by atoms with Crippen molar-refractivity contribution in [2.45, 2.75) is 38.7 Å². The minimum absolute atomic E-state index is 1.15. The molecular formula is C8H10F4O3. The van der Waals surface area contributed by atoms with Gasteiger partial charge < -0.3 is 4.74 Å². The molecule has 1 unspecified atom stereocenters. The van der Waals surface area contributed by atoms with Crippen LogP contribution in [0.3, 0.4) is 0 Å². The molecule has 0 N–H and O–H groups in total. The number of Topliss-reactive ketones (excluding diaryl/α,β-unsaturated/α-hetero) is 1. The number of esters is 1. The van der Waals surface area contributed by atoms with E-state index in [-0.39, 0.29) is 0 Å². The number of ketones is 1.